The van der Waals surface area contributed by atoms with E-state index in [9.17, 15) is 8.42 Å². The summed E-state index contributed by atoms with van der Waals surface area (Å²) in [6.45, 7) is 2.03. The van der Waals surface area contributed by atoms with Crippen LogP contribution in [-0.2, 0) is 16.4 Å². The van der Waals surface area contributed by atoms with Gasteiger partial charge in [0.05, 0.1) is 16.4 Å². The van der Waals surface area contributed by atoms with Crippen LogP contribution in [0.5, 0.6) is 0 Å². The number of nitrogens with zero attached hydrogens (tertiary/aromatic N) is 2. The highest BCUT2D eigenvalue weighted by atomic mass is 32.2. The maximum absolute atomic E-state index is 13.0. The molecule has 0 N–H and O–H groups in total. The lowest BCUT2D eigenvalue weighted by molar-refractivity contribution is 0.325. The van der Waals surface area contributed by atoms with Crippen molar-refractivity contribution in [2.75, 3.05) is 13.1 Å². The molecule has 2 aliphatic rings. The zero-order chi connectivity index (χ0) is 17.7. The Bertz CT molecular complexity index is 1050. The minimum Gasteiger partial charge on any atom is -0.464 e. The summed E-state index contributed by atoms with van der Waals surface area (Å²) >= 11 is 0. The van der Waals surface area contributed by atoms with E-state index in [-0.39, 0.29) is 11.2 Å². The fourth-order valence-electron chi connectivity index (χ4n) is 4.20. The van der Waals surface area contributed by atoms with Crippen LogP contribution in [0.2, 0.25) is 0 Å². The fraction of sp³-hybridized carbons (Fsp3) is 0.250. The monoisotopic (exact) mass is 366 g/mol. The first-order chi connectivity index (χ1) is 12.6. The zero-order valence-corrected chi connectivity index (χ0v) is 14.9. The maximum Gasteiger partial charge on any atom is 0.183 e. The van der Waals surface area contributed by atoms with Gasteiger partial charge >= 0.3 is 0 Å². The SMILES string of the molecule is O=S1(=O)c2ccc(-c3ccco3)cc2[C@H]2CN(Cc3cccnc3)C[C@@H]21. The number of benzene rings is 1. The van der Waals surface area contributed by atoms with Gasteiger partial charge in [-0.3, -0.25) is 9.88 Å². The molecule has 0 amide bonds. The van der Waals surface area contributed by atoms with E-state index >= 15 is 0 Å². The Morgan fingerprint density at radius 1 is 1.15 bits per heavy atom. The van der Waals surface area contributed by atoms with Crippen molar-refractivity contribution in [2.24, 2.45) is 0 Å². The Morgan fingerprint density at radius 3 is 2.85 bits per heavy atom. The van der Waals surface area contributed by atoms with Gasteiger partial charge in [-0.15, -0.1) is 0 Å². The van der Waals surface area contributed by atoms with E-state index in [0.29, 0.717) is 11.4 Å². The lowest BCUT2D eigenvalue weighted by Crippen LogP contribution is -2.25. The van der Waals surface area contributed by atoms with Gasteiger partial charge in [-0.2, -0.15) is 0 Å². The van der Waals surface area contributed by atoms with Gasteiger partial charge in [0.1, 0.15) is 5.76 Å². The van der Waals surface area contributed by atoms with Crippen LogP contribution in [-0.4, -0.2) is 36.6 Å². The molecule has 0 spiro atoms. The smallest absolute Gasteiger partial charge is 0.183 e. The van der Waals surface area contributed by atoms with Gasteiger partial charge in [0.2, 0.25) is 0 Å². The van der Waals surface area contributed by atoms with E-state index in [1.807, 2.05) is 42.6 Å². The number of pyridine rings is 1. The van der Waals surface area contributed by atoms with Crippen molar-refractivity contribution in [2.45, 2.75) is 22.6 Å². The quantitative estimate of drug-likeness (QED) is 0.713. The molecule has 3 aromatic rings. The van der Waals surface area contributed by atoms with Crippen molar-refractivity contribution in [1.29, 1.82) is 0 Å². The summed E-state index contributed by atoms with van der Waals surface area (Å²) in [6, 6.07) is 13.2. The first-order valence-electron chi connectivity index (χ1n) is 8.66. The Kier molecular flexibility index (Phi) is 3.52. The summed E-state index contributed by atoms with van der Waals surface area (Å²) in [7, 11) is -3.28. The Hall–Kier alpha value is -2.44. The number of rotatable bonds is 3. The lowest BCUT2D eigenvalue weighted by atomic mass is 9.96. The van der Waals surface area contributed by atoms with Crippen molar-refractivity contribution in [3.05, 3.63) is 72.2 Å². The highest BCUT2D eigenvalue weighted by Crippen LogP contribution is 2.46. The van der Waals surface area contributed by atoms with Crippen LogP contribution >= 0.6 is 0 Å². The van der Waals surface area contributed by atoms with Crippen molar-refractivity contribution in [3.8, 4) is 11.3 Å². The van der Waals surface area contributed by atoms with Crippen LogP contribution < -0.4 is 0 Å². The summed E-state index contributed by atoms with van der Waals surface area (Å²) in [5, 5.41) is -0.360. The molecule has 1 aromatic carbocycles. The molecule has 26 heavy (non-hydrogen) atoms. The third-order valence-electron chi connectivity index (χ3n) is 5.39. The second-order valence-electron chi connectivity index (χ2n) is 6.98. The predicted molar refractivity (Wildman–Crippen MR) is 97.4 cm³/mol. The summed E-state index contributed by atoms with van der Waals surface area (Å²) in [5.41, 5.74) is 2.96. The molecule has 2 atom stereocenters. The molecule has 132 valence electrons. The van der Waals surface area contributed by atoms with Crippen LogP contribution in [0, 0.1) is 0 Å². The Balaban J connectivity index is 1.49. The molecule has 4 heterocycles. The lowest BCUT2D eigenvalue weighted by Gasteiger charge is -2.17. The van der Waals surface area contributed by atoms with Crippen molar-refractivity contribution in [3.63, 3.8) is 0 Å². The summed E-state index contributed by atoms with van der Waals surface area (Å²) in [6.07, 6.45) is 5.22. The second-order valence-corrected chi connectivity index (χ2v) is 9.11. The third kappa shape index (κ3) is 2.40. The van der Waals surface area contributed by atoms with E-state index in [4.69, 9.17) is 4.42 Å². The van der Waals surface area contributed by atoms with E-state index < -0.39 is 9.84 Å². The molecule has 0 saturated carbocycles. The van der Waals surface area contributed by atoms with Crippen LogP contribution in [0.15, 0.2) is 70.4 Å². The van der Waals surface area contributed by atoms with Gasteiger partial charge in [0, 0.05) is 43.5 Å². The largest absolute Gasteiger partial charge is 0.464 e. The number of sulfone groups is 1. The number of hydrogen-bond donors (Lipinski definition) is 0. The molecular weight excluding hydrogens is 348 g/mol. The number of fused-ring (bicyclic) bond motifs is 3. The number of hydrogen-bond acceptors (Lipinski definition) is 5. The van der Waals surface area contributed by atoms with E-state index in [1.54, 1.807) is 18.5 Å². The van der Waals surface area contributed by atoms with Gasteiger partial charge in [-0.1, -0.05) is 6.07 Å². The first-order valence-corrected chi connectivity index (χ1v) is 10.2. The number of furan rings is 1. The topological polar surface area (TPSA) is 63.4 Å². The zero-order valence-electron chi connectivity index (χ0n) is 14.1. The molecule has 2 aliphatic heterocycles. The molecule has 0 bridgehead atoms. The molecule has 1 fully saturated rings. The summed E-state index contributed by atoms with van der Waals surface area (Å²) in [4.78, 5) is 6.85. The van der Waals surface area contributed by atoms with E-state index in [2.05, 4.69) is 9.88 Å². The molecule has 6 heteroatoms. The van der Waals surface area contributed by atoms with Crippen molar-refractivity contribution < 1.29 is 12.8 Å². The van der Waals surface area contributed by atoms with Crippen molar-refractivity contribution >= 4 is 9.84 Å². The molecule has 0 radical (unpaired) electrons. The molecule has 5 nitrogen and oxygen atoms in total. The molecule has 0 aliphatic carbocycles. The van der Waals surface area contributed by atoms with Crippen LogP contribution in [0.4, 0.5) is 0 Å². The highest BCUT2D eigenvalue weighted by molar-refractivity contribution is 7.92. The van der Waals surface area contributed by atoms with Crippen LogP contribution in [0.3, 0.4) is 0 Å². The molecular formula is C20H18N2O3S. The average molecular weight is 366 g/mol. The minimum atomic E-state index is -3.28. The minimum absolute atomic E-state index is 0.0154. The Labute approximate surface area is 152 Å². The standard InChI is InChI=1S/C20H18N2O3S/c23-26(24)19-6-5-15(18-4-2-8-25-18)9-16(19)17-12-22(13-20(17)26)11-14-3-1-7-21-10-14/h1-10,17,20H,11-13H2/t17-,20+/m1/s1. The summed E-state index contributed by atoms with van der Waals surface area (Å²) in [5.74, 6) is 0.778. The fourth-order valence-corrected chi connectivity index (χ4v) is 6.40. The summed E-state index contributed by atoms with van der Waals surface area (Å²) < 4.78 is 31.5. The van der Waals surface area contributed by atoms with Crippen LogP contribution in [0.1, 0.15) is 17.0 Å². The number of likely N-dealkylation sites (tertiary alicyclic amines) is 1. The van der Waals surface area contributed by atoms with Crippen LogP contribution in [0.25, 0.3) is 11.3 Å². The van der Waals surface area contributed by atoms with E-state index in [0.717, 1.165) is 35.5 Å². The second kappa shape index (κ2) is 5.79. The van der Waals surface area contributed by atoms with Gasteiger partial charge in [-0.25, -0.2) is 8.42 Å². The van der Waals surface area contributed by atoms with Gasteiger partial charge < -0.3 is 4.42 Å². The maximum atomic E-state index is 13.0. The molecule has 1 saturated heterocycles. The average Bonchev–Trinajstić information content (AvgIpc) is 3.35. The molecule has 2 aromatic heterocycles. The van der Waals surface area contributed by atoms with E-state index in [1.165, 1.54) is 0 Å². The van der Waals surface area contributed by atoms with Crippen molar-refractivity contribution in [1.82, 2.24) is 9.88 Å². The Morgan fingerprint density at radius 2 is 2.08 bits per heavy atom. The molecule has 5 rings (SSSR count). The van der Waals surface area contributed by atoms with Gasteiger partial charge in [0.25, 0.3) is 0 Å². The highest BCUT2D eigenvalue weighted by Gasteiger charge is 2.50. The third-order valence-corrected chi connectivity index (χ3v) is 7.65. The first kappa shape index (κ1) is 15.8. The normalized spacial score (nSPS) is 23.7. The number of aromatic nitrogens is 1. The van der Waals surface area contributed by atoms with Gasteiger partial charge in [0.15, 0.2) is 9.84 Å². The molecule has 0 unspecified atom stereocenters. The predicted octanol–water partition coefficient (Wildman–Crippen LogP) is 3.10. The van der Waals surface area contributed by atoms with Gasteiger partial charge in [-0.05, 0) is 47.5 Å².